The van der Waals surface area contributed by atoms with Crippen molar-refractivity contribution in [2.24, 2.45) is 0 Å². The molecular weight excluding hydrogens is 378 g/mol. The Morgan fingerprint density at radius 3 is 2.64 bits per heavy atom. The fourth-order valence-electron chi connectivity index (χ4n) is 3.21. The summed E-state index contributed by atoms with van der Waals surface area (Å²) >= 11 is 3.48. The van der Waals surface area contributed by atoms with Crippen molar-refractivity contribution in [1.29, 1.82) is 0 Å². The third-order valence-electron chi connectivity index (χ3n) is 4.42. The lowest BCUT2D eigenvalue weighted by molar-refractivity contribution is 0.0602. The molecule has 4 rings (SSSR count). The van der Waals surface area contributed by atoms with E-state index in [4.69, 9.17) is 4.74 Å². The van der Waals surface area contributed by atoms with Gasteiger partial charge in [-0.1, -0.05) is 52.3 Å². The lowest BCUT2D eigenvalue weighted by atomic mass is 10.1. The average molecular weight is 394 g/mol. The highest BCUT2D eigenvalue weighted by atomic mass is 79.9. The van der Waals surface area contributed by atoms with Gasteiger partial charge in [-0.3, -0.25) is 0 Å². The molecule has 1 aromatic heterocycles. The lowest BCUT2D eigenvalue weighted by Gasteiger charge is -2.07. The van der Waals surface area contributed by atoms with Gasteiger partial charge in [-0.15, -0.1) is 0 Å². The van der Waals surface area contributed by atoms with Crippen LogP contribution in [-0.2, 0) is 11.3 Å². The lowest BCUT2D eigenvalue weighted by Crippen LogP contribution is -2.01. The Hall–Kier alpha value is -2.59. The number of fused-ring (bicyclic) bond motifs is 2. The van der Waals surface area contributed by atoms with Crippen LogP contribution in [0.1, 0.15) is 15.9 Å². The summed E-state index contributed by atoms with van der Waals surface area (Å²) < 4.78 is 7.97. The van der Waals surface area contributed by atoms with Gasteiger partial charge in [-0.25, -0.2) is 4.79 Å². The second-order valence-electron chi connectivity index (χ2n) is 6.01. The quantitative estimate of drug-likeness (QED) is 0.436. The molecule has 0 aliphatic carbocycles. The van der Waals surface area contributed by atoms with Crippen LogP contribution in [0.2, 0.25) is 0 Å². The van der Waals surface area contributed by atoms with Crippen molar-refractivity contribution >= 4 is 43.6 Å². The van der Waals surface area contributed by atoms with Gasteiger partial charge in [0, 0.05) is 28.1 Å². The van der Waals surface area contributed by atoms with E-state index in [1.54, 1.807) is 0 Å². The van der Waals surface area contributed by atoms with Crippen LogP contribution < -0.4 is 0 Å². The van der Waals surface area contributed by atoms with Crippen molar-refractivity contribution in [1.82, 2.24) is 4.57 Å². The highest BCUT2D eigenvalue weighted by Crippen LogP contribution is 2.27. The van der Waals surface area contributed by atoms with Gasteiger partial charge in [0.1, 0.15) is 0 Å². The van der Waals surface area contributed by atoms with Crippen LogP contribution in [0.25, 0.3) is 21.7 Å². The number of aromatic nitrogens is 1. The highest BCUT2D eigenvalue weighted by molar-refractivity contribution is 9.10. The van der Waals surface area contributed by atoms with Crippen LogP contribution in [0.3, 0.4) is 0 Å². The molecule has 0 saturated heterocycles. The summed E-state index contributed by atoms with van der Waals surface area (Å²) in [4.78, 5) is 12.1. The molecule has 0 amide bonds. The summed E-state index contributed by atoms with van der Waals surface area (Å²) in [6.45, 7) is 0.694. The zero-order chi connectivity index (χ0) is 17.4. The number of benzene rings is 3. The number of rotatable bonds is 3. The summed E-state index contributed by atoms with van der Waals surface area (Å²) in [5, 5.41) is 3.33. The van der Waals surface area contributed by atoms with Crippen LogP contribution in [0.15, 0.2) is 71.3 Å². The monoisotopic (exact) mass is 393 g/mol. The molecule has 3 aromatic carbocycles. The normalized spacial score (nSPS) is 11.1. The summed E-state index contributed by atoms with van der Waals surface area (Å²) in [6, 6.07) is 20.7. The van der Waals surface area contributed by atoms with Gasteiger partial charge in [0.2, 0.25) is 0 Å². The zero-order valence-corrected chi connectivity index (χ0v) is 15.3. The average Bonchev–Trinajstić information content (AvgIpc) is 2.98. The number of hydrogen-bond donors (Lipinski definition) is 0. The highest BCUT2D eigenvalue weighted by Gasteiger charge is 2.16. The van der Waals surface area contributed by atoms with Crippen molar-refractivity contribution in [3.8, 4) is 0 Å². The standard InChI is InChI=1S/C21H16BrNO2/c1-25-21(24)19-13-23(20-9-8-17(22)11-18(19)20)12-14-6-7-15-4-2-3-5-16(15)10-14/h2-11,13H,12H2,1H3. The Morgan fingerprint density at radius 1 is 1.04 bits per heavy atom. The molecule has 4 aromatic rings. The van der Waals surface area contributed by atoms with Gasteiger partial charge < -0.3 is 9.30 Å². The molecule has 0 spiro atoms. The number of hydrogen-bond acceptors (Lipinski definition) is 2. The third-order valence-corrected chi connectivity index (χ3v) is 4.91. The second kappa shape index (κ2) is 6.37. The molecule has 0 radical (unpaired) electrons. The molecule has 0 N–H and O–H groups in total. The van der Waals surface area contributed by atoms with Crippen LogP contribution in [0, 0.1) is 0 Å². The molecule has 4 heteroatoms. The summed E-state index contributed by atoms with van der Waals surface area (Å²) in [5.74, 6) is -0.319. The fourth-order valence-corrected chi connectivity index (χ4v) is 3.57. The summed E-state index contributed by atoms with van der Waals surface area (Å²) in [6.07, 6.45) is 1.87. The van der Waals surface area contributed by atoms with Gasteiger partial charge in [-0.2, -0.15) is 0 Å². The van der Waals surface area contributed by atoms with Crippen molar-refractivity contribution in [3.63, 3.8) is 0 Å². The summed E-state index contributed by atoms with van der Waals surface area (Å²) in [5.41, 5.74) is 2.78. The van der Waals surface area contributed by atoms with Crippen LogP contribution in [0.5, 0.6) is 0 Å². The number of carbonyl (C=O) groups is 1. The van der Waals surface area contributed by atoms with Gasteiger partial charge in [0.25, 0.3) is 0 Å². The maximum atomic E-state index is 12.1. The van der Waals surface area contributed by atoms with Crippen molar-refractivity contribution in [2.75, 3.05) is 7.11 Å². The Bertz CT molecular complexity index is 1100. The molecule has 0 unspecified atom stereocenters. The fraction of sp³-hybridized carbons (Fsp3) is 0.0952. The van der Waals surface area contributed by atoms with E-state index in [9.17, 15) is 4.79 Å². The molecule has 25 heavy (non-hydrogen) atoms. The second-order valence-corrected chi connectivity index (χ2v) is 6.92. The minimum atomic E-state index is -0.319. The summed E-state index contributed by atoms with van der Waals surface area (Å²) in [7, 11) is 1.41. The van der Waals surface area contributed by atoms with Gasteiger partial charge in [-0.05, 0) is 40.6 Å². The molecule has 124 valence electrons. The number of carbonyl (C=O) groups excluding carboxylic acids is 1. The molecular formula is C21H16BrNO2. The maximum Gasteiger partial charge on any atom is 0.340 e. The number of ether oxygens (including phenoxy) is 1. The number of esters is 1. The van der Waals surface area contributed by atoms with Crippen LogP contribution in [-0.4, -0.2) is 17.6 Å². The largest absolute Gasteiger partial charge is 0.465 e. The molecule has 0 aliphatic heterocycles. The van der Waals surface area contributed by atoms with Gasteiger partial charge >= 0.3 is 5.97 Å². The Kier molecular flexibility index (Phi) is 4.06. The Morgan fingerprint density at radius 2 is 1.84 bits per heavy atom. The van der Waals surface area contributed by atoms with E-state index in [0.29, 0.717) is 12.1 Å². The van der Waals surface area contributed by atoms with Crippen molar-refractivity contribution in [3.05, 3.63) is 82.5 Å². The molecule has 0 aliphatic rings. The van der Waals surface area contributed by atoms with E-state index in [-0.39, 0.29) is 5.97 Å². The third kappa shape index (κ3) is 2.94. The zero-order valence-electron chi connectivity index (χ0n) is 13.7. The number of methoxy groups -OCH3 is 1. The minimum absolute atomic E-state index is 0.319. The van der Waals surface area contributed by atoms with Crippen LogP contribution >= 0.6 is 15.9 Å². The van der Waals surface area contributed by atoms with E-state index < -0.39 is 0 Å². The predicted molar refractivity (Wildman–Crippen MR) is 104 cm³/mol. The molecule has 0 saturated carbocycles. The number of halogens is 1. The molecule has 0 atom stereocenters. The van der Waals surface area contributed by atoms with Crippen molar-refractivity contribution in [2.45, 2.75) is 6.54 Å². The molecule has 1 heterocycles. The number of nitrogens with zero attached hydrogens (tertiary/aromatic N) is 1. The molecule has 3 nitrogen and oxygen atoms in total. The van der Waals surface area contributed by atoms with Crippen molar-refractivity contribution < 1.29 is 9.53 Å². The topological polar surface area (TPSA) is 31.2 Å². The first-order chi connectivity index (χ1) is 12.2. The van der Waals surface area contributed by atoms with E-state index >= 15 is 0 Å². The predicted octanol–water partition coefficient (Wildman–Crippen LogP) is 5.39. The molecule has 0 bridgehead atoms. The smallest absolute Gasteiger partial charge is 0.340 e. The SMILES string of the molecule is COC(=O)c1cn(Cc2ccc3ccccc3c2)c2ccc(Br)cc12. The van der Waals surface area contributed by atoms with Crippen LogP contribution in [0.4, 0.5) is 0 Å². The first kappa shape index (κ1) is 15.9. The first-order valence-electron chi connectivity index (χ1n) is 8.00. The Balaban J connectivity index is 1.81. The minimum Gasteiger partial charge on any atom is -0.465 e. The van der Waals surface area contributed by atoms with E-state index in [1.807, 2.05) is 36.5 Å². The van der Waals surface area contributed by atoms with E-state index in [2.05, 4.69) is 50.8 Å². The van der Waals surface area contributed by atoms with Gasteiger partial charge in [0.15, 0.2) is 0 Å². The van der Waals surface area contributed by atoms with Gasteiger partial charge in [0.05, 0.1) is 12.7 Å². The van der Waals surface area contributed by atoms with E-state index in [1.165, 1.54) is 23.4 Å². The maximum absolute atomic E-state index is 12.1. The Labute approximate surface area is 154 Å². The first-order valence-corrected chi connectivity index (χ1v) is 8.79. The molecule has 0 fully saturated rings. The van der Waals surface area contributed by atoms with E-state index in [0.717, 1.165) is 15.4 Å².